The Morgan fingerprint density at radius 1 is 1.14 bits per heavy atom. The molecule has 1 aromatic carbocycles. The molecule has 0 bridgehead atoms. The number of hydrogen-bond donors (Lipinski definition) is 0. The highest BCUT2D eigenvalue weighted by atomic mass is 35.5. The van der Waals surface area contributed by atoms with Crippen LogP contribution in [0.4, 0.5) is 0 Å². The topological polar surface area (TPSA) is 26.3 Å². The number of likely N-dealkylation sites (tertiary alicyclic amines) is 1. The van der Waals surface area contributed by atoms with Gasteiger partial charge in [0.15, 0.2) is 6.54 Å². The van der Waals surface area contributed by atoms with Crippen LogP contribution in [0.3, 0.4) is 0 Å². The number of hydrogen-bond acceptors (Lipinski definition) is 2. The zero-order valence-corrected chi connectivity index (χ0v) is 19.6. The molecule has 0 aliphatic carbocycles. The van der Waals surface area contributed by atoms with Gasteiger partial charge in [0.2, 0.25) is 0 Å². The molecular weight excluding hydrogens is 405 g/mol. The summed E-state index contributed by atoms with van der Waals surface area (Å²) in [6.07, 6.45) is 11.4. The minimum Gasteiger partial charge on any atom is -1.00 e. The van der Waals surface area contributed by atoms with Gasteiger partial charge in [0.25, 0.3) is 0 Å². The first-order valence-electron chi connectivity index (χ1n) is 10.9. The molecule has 164 valence electrons. The first-order chi connectivity index (χ1) is 13.5. The number of esters is 1. The van der Waals surface area contributed by atoms with Gasteiger partial charge in [-0.2, -0.15) is 0 Å². The van der Waals surface area contributed by atoms with Gasteiger partial charge < -0.3 is 21.6 Å². The molecule has 0 aromatic heterocycles. The quantitative estimate of drug-likeness (QED) is 0.228. The van der Waals surface area contributed by atoms with Crippen LogP contribution in [0.1, 0.15) is 64.4 Å². The fourth-order valence-electron chi connectivity index (χ4n) is 3.99. The molecule has 29 heavy (non-hydrogen) atoms. The number of piperidine rings is 1. The third kappa shape index (κ3) is 9.55. The lowest BCUT2D eigenvalue weighted by molar-refractivity contribution is -0.920. The van der Waals surface area contributed by atoms with E-state index in [1.165, 1.54) is 37.7 Å². The van der Waals surface area contributed by atoms with E-state index in [1.807, 2.05) is 18.2 Å². The van der Waals surface area contributed by atoms with Crippen molar-refractivity contribution in [3.05, 3.63) is 46.5 Å². The van der Waals surface area contributed by atoms with Gasteiger partial charge >= 0.3 is 5.97 Å². The minimum absolute atomic E-state index is 0. The lowest BCUT2D eigenvalue weighted by Crippen LogP contribution is -3.00. The predicted octanol–water partition coefficient (Wildman–Crippen LogP) is 2.96. The molecule has 0 N–H and O–H groups in total. The molecule has 0 amide bonds. The van der Waals surface area contributed by atoms with Gasteiger partial charge in [-0.05, 0) is 56.7 Å². The van der Waals surface area contributed by atoms with Crippen molar-refractivity contribution in [1.29, 1.82) is 0 Å². The van der Waals surface area contributed by atoms with E-state index in [0.29, 0.717) is 13.2 Å². The summed E-state index contributed by atoms with van der Waals surface area (Å²) in [4.78, 5) is 12.5. The van der Waals surface area contributed by atoms with Crippen molar-refractivity contribution in [3.63, 3.8) is 0 Å². The smallest absolute Gasteiger partial charge is 0.361 e. The summed E-state index contributed by atoms with van der Waals surface area (Å²) >= 11 is 6.30. The fourth-order valence-corrected chi connectivity index (χ4v) is 4.19. The summed E-state index contributed by atoms with van der Waals surface area (Å²) < 4.78 is 6.38. The first kappa shape index (κ1) is 26.0. The lowest BCUT2D eigenvalue weighted by atomic mass is 10.0. The lowest BCUT2D eigenvalue weighted by Gasteiger charge is -2.40. The molecule has 5 heteroatoms. The maximum Gasteiger partial charge on any atom is 0.361 e. The number of benzene rings is 1. The Balaban J connectivity index is 0.00000420. The Morgan fingerprint density at radius 2 is 1.86 bits per heavy atom. The third-order valence-electron chi connectivity index (χ3n) is 5.74. The van der Waals surface area contributed by atoms with E-state index in [9.17, 15) is 4.79 Å². The molecule has 1 aliphatic heterocycles. The van der Waals surface area contributed by atoms with Gasteiger partial charge in [-0.15, -0.1) is 0 Å². The second kappa shape index (κ2) is 14.1. The molecule has 1 saturated heterocycles. The number of ether oxygens (including phenoxy) is 1. The van der Waals surface area contributed by atoms with Crippen LogP contribution in [0.2, 0.25) is 5.02 Å². The molecule has 2 rings (SSSR count). The number of quaternary nitrogens is 1. The van der Waals surface area contributed by atoms with E-state index >= 15 is 0 Å². The number of nitrogens with zero attached hydrogens (tertiary/aromatic N) is 1. The van der Waals surface area contributed by atoms with Crippen molar-refractivity contribution in [2.24, 2.45) is 0 Å². The monoisotopic (exact) mass is 441 g/mol. The summed E-state index contributed by atoms with van der Waals surface area (Å²) in [5, 5.41) is 0.823. The minimum atomic E-state index is -0.0319. The number of carbonyl (C=O) groups is 1. The van der Waals surface area contributed by atoms with Crippen molar-refractivity contribution in [1.82, 2.24) is 0 Å². The molecule has 1 aromatic rings. The van der Waals surface area contributed by atoms with E-state index < -0.39 is 0 Å². The zero-order chi connectivity index (χ0) is 20.2. The molecule has 0 atom stereocenters. The van der Waals surface area contributed by atoms with E-state index in [4.69, 9.17) is 16.3 Å². The fraction of sp³-hybridized carbons (Fsp3) is 0.625. The van der Waals surface area contributed by atoms with E-state index in [1.54, 1.807) is 0 Å². The first-order valence-corrected chi connectivity index (χ1v) is 11.3. The molecular formula is C24H37Cl2NO2. The maximum absolute atomic E-state index is 12.5. The second-order valence-corrected chi connectivity index (χ2v) is 8.70. The molecule has 3 nitrogen and oxygen atoms in total. The van der Waals surface area contributed by atoms with Crippen LogP contribution < -0.4 is 12.4 Å². The molecule has 0 spiro atoms. The highest BCUT2D eigenvalue weighted by Gasteiger charge is 2.32. The molecule has 0 unspecified atom stereocenters. The van der Waals surface area contributed by atoms with Gasteiger partial charge in [-0.3, -0.25) is 0 Å². The molecule has 0 saturated carbocycles. The largest absolute Gasteiger partial charge is 1.00 e. The molecule has 1 fully saturated rings. The summed E-state index contributed by atoms with van der Waals surface area (Å²) in [6.45, 7) is 8.47. The number of carbonyl (C=O) groups excluding carboxylic acids is 1. The van der Waals surface area contributed by atoms with Crippen LogP contribution in [0.15, 0.2) is 35.9 Å². The average Bonchev–Trinajstić information content (AvgIpc) is 2.69. The predicted molar refractivity (Wildman–Crippen MR) is 118 cm³/mol. The Hall–Kier alpha value is -1.03. The highest BCUT2D eigenvalue weighted by molar-refractivity contribution is 6.31. The Kier molecular flexibility index (Phi) is 12.6. The molecule has 0 radical (unpaired) electrons. The van der Waals surface area contributed by atoms with Gasteiger partial charge in [-0.25, -0.2) is 4.79 Å². The van der Waals surface area contributed by atoms with E-state index in [-0.39, 0.29) is 18.4 Å². The Morgan fingerprint density at radius 3 is 2.55 bits per heavy atom. The van der Waals surface area contributed by atoms with Gasteiger partial charge in [-0.1, -0.05) is 61.6 Å². The normalized spacial score (nSPS) is 16.2. The van der Waals surface area contributed by atoms with Crippen molar-refractivity contribution >= 4 is 17.6 Å². The molecule has 1 heterocycles. The summed E-state index contributed by atoms with van der Waals surface area (Å²) in [6, 6.07) is 8.02. The van der Waals surface area contributed by atoms with Crippen LogP contribution in [0.5, 0.6) is 0 Å². The van der Waals surface area contributed by atoms with Crippen LogP contribution in [-0.2, 0) is 16.0 Å². The van der Waals surface area contributed by atoms with Crippen LogP contribution in [-0.4, -0.2) is 43.2 Å². The third-order valence-corrected chi connectivity index (χ3v) is 6.11. The SMILES string of the molecule is CCCCCCOC(=O)C[N+]1(C/C=C(/C)Cc2ccccc2Cl)CCCCC1.[Cl-]. The van der Waals surface area contributed by atoms with Crippen LogP contribution in [0.25, 0.3) is 0 Å². The van der Waals surface area contributed by atoms with Crippen molar-refractivity contribution in [3.8, 4) is 0 Å². The summed E-state index contributed by atoms with van der Waals surface area (Å²) in [7, 11) is 0. The van der Waals surface area contributed by atoms with E-state index in [2.05, 4.69) is 26.0 Å². The molecule has 1 aliphatic rings. The van der Waals surface area contributed by atoms with Crippen molar-refractivity contribution in [2.75, 3.05) is 32.8 Å². The maximum atomic E-state index is 12.5. The van der Waals surface area contributed by atoms with E-state index in [0.717, 1.165) is 54.0 Å². The van der Waals surface area contributed by atoms with Crippen molar-refractivity contribution < 1.29 is 26.4 Å². The highest BCUT2D eigenvalue weighted by Crippen LogP contribution is 2.22. The zero-order valence-electron chi connectivity index (χ0n) is 18.1. The summed E-state index contributed by atoms with van der Waals surface area (Å²) in [5.74, 6) is -0.0319. The van der Waals surface area contributed by atoms with Crippen LogP contribution in [0, 0.1) is 0 Å². The summed E-state index contributed by atoms with van der Waals surface area (Å²) in [5.41, 5.74) is 2.47. The number of rotatable bonds is 11. The van der Waals surface area contributed by atoms with Crippen LogP contribution >= 0.6 is 11.6 Å². The average molecular weight is 442 g/mol. The second-order valence-electron chi connectivity index (χ2n) is 8.29. The standard InChI is InChI=1S/C24H37ClNO2.ClH/c1-3-4-5-11-18-28-24(27)20-26(15-9-6-10-16-26)17-14-21(2)19-22-12-7-8-13-23(22)25;/h7-8,12-14H,3-6,9-11,15-20H2,1-2H3;1H/q+1;/p-1/b21-14-;. The van der Waals surface area contributed by atoms with Gasteiger partial charge in [0.1, 0.15) is 0 Å². The van der Waals surface area contributed by atoms with Crippen molar-refractivity contribution in [2.45, 2.75) is 65.2 Å². The van der Waals surface area contributed by atoms with Gasteiger partial charge in [0.05, 0.1) is 26.2 Å². The van der Waals surface area contributed by atoms with Gasteiger partial charge in [0, 0.05) is 5.02 Å². The Bertz CT molecular complexity index is 640. The number of halogens is 2. The number of allylic oxidation sites excluding steroid dienone is 1. The number of unbranched alkanes of at least 4 members (excludes halogenated alkanes) is 3. The Labute approximate surface area is 188 Å².